The molecule has 0 saturated heterocycles. The van der Waals surface area contributed by atoms with Crippen molar-refractivity contribution in [2.24, 2.45) is 0 Å². The Morgan fingerprint density at radius 1 is 0.383 bits per heavy atom. The maximum atomic E-state index is 5.27. The summed E-state index contributed by atoms with van der Waals surface area (Å²) in [4.78, 5) is 15.5. The monoisotopic (exact) mass is 617 g/mol. The number of thiophene rings is 1. The minimum atomic E-state index is 0.700. The van der Waals surface area contributed by atoms with E-state index in [2.05, 4.69) is 152 Å². The Bertz CT molecular complexity index is 2540. The first-order valence-corrected chi connectivity index (χ1v) is 16.5. The van der Waals surface area contributed by atoms with Crippen LogP contribution in [0.2, 0.25) is 0 Å². The first kappa shape index (κ1) is 27.3. The van der Waals surface area contributed by atoms with Gasteiger partial charge < -0.3 is 0 Å². The molecule has 0 amide bonds. The Morgan fingerprint density at radius 2 is 0.936 bits per heavy atom. The topological polar surface area (TPSA) is 38.7 Å². The van der Waals surface area contributed by atoms with Crippen molar-refractivity contribution in [1.82, 2.24) is 15.0 Å². The minimum Gasteiger partial charge on any atom is -0.247 e. The molecular formula is C43H27N3S. The van der Waals surface area contributed by atoms with Gasteiger partial charge in [-0.2, -0.15) is 0 Å². The van der Waals surface area contributed by atoms with Crippen molar-refractivity contribution in [3.63, 3.8) is 0 Å². The van der Waals surface area contributed by atoms with Gasteiger partial charge in [-0.3, -0.25) is 0 Å². The van der Waals surface area contributed by atoms with Gasteiger partial charge in [0.1, 0.15) is 0 Å². The fraction of sp³-hybridized carbons (Fsp3) is 0. The van der Waals surface area contributed by atoms with Crippen LogP contribution >= 0.6 is 11.3 Å². The summed E-state index contributed by atoms with van der Waals surface area (Å²) >= 11 is 1.83. The van der Waals surface area contributed by atoms with E-state index in [0.717, 1.165) is 55.8 Å². The third kappa shape index (κ3) is 4.96. The third-order valence-electron chi connectivity index (χ3n) is 8.69. The zero-order chi connectivity index (χ0) is 31.2. The van der Waals surface area contributed by atoms with E-state index < -0.39 is 0 Å². The van der Waals surface area contributed by atoms with Crippen molar-refractivity contribution in [3.05, 3.63) is 164 Å². The molecule has 220 valence electrons. The molecule has 0 bridgehead atoms. The highest BCUT2D eigenvalue weighted by Gasteiger charge is 2.18. The first-order valence-electron chi connectivity index (χ1n) is 15.7. The van der Waals surface area contributed by atoms with E-state index in [1.165, 1.54) is 25.7 Å². The highest BCUT2D eigenvalue weighted by molar-refractivity contribution is 7.26. The molecule has 9 aromatic rings. The second-order valence-electron chi connectivity index (χ2n) is 11.6. The average Bonchev–Trinajstić information content (AvgIpc) is 3.55. The molecule has 0 aliphatic carbocycles. The number of nitrogens with zero attached hydrogens (tertiary/aromatic N) is 3. The molecule has 0 atom stereocenters. The van der Waals surface area contributed by atoms with Crippen LogP contribution in [0.5, 0.6) is 0 Å². The number of hydrogen-bond donors (Lipinski definition) is 0. The van der Waals surface area contributed by atoms with Gasteiger partial charge in [-0.1, -0.05) is 140 Å². The van der Waals surface area contributed by atoms with Crippen LogP contribution in [0.15, 0.2) is 164 Å². The number of benzene rings is 6. The van der Waals surface area contributed by atoms with E-state index in [0.29, 0.717) is 5.82 Å². The molecular weight excluding hydrogens is 591 g/mol. The molecule has 0 spiro atoms. The summed E-state index contributed by atoms with van der Waals surface area (Å²) in [6.45, 7) is 0. The van der Waals surface area contributed by atoms with Gasteiger partial charge in [0, 0.05) is 47.8 Å². The number of pyridine rings is 1. The van der Waals surface area contributed by atoms with Gasteiger partial charge in [0.2, 0.25) is 0 Å². The number of aromatic nitrogens is 3. The van der Waals surface area contributed by atoms with Crippen molar-refractivity contribution >= 4 is 42.4 Å². The summed E-state index contributed by atoms with van der Waals surface area (Å²) in [6.07, 6.45) is 0. The lowest BCUT2D eigenvalue weighted by Crippen LogP contribution is -1.96. The summed E-state index contributed by atoms with van der Waals surface area (Å²) in [5.41, 5.74) is 10.3. The lowest BCUT2D eigenvalue weighted by molar-refractivity contribution is 1.18. The molecule has 0 saturated carbocycles. The molecule has 0 aliphatic heterocycles. The summed E-state index contributed by atoms with van der Waals surface area (Å²) in [7, 11) is 0. The molecule has 3 nitrogen and oxygen atoms in total. The standard InChI is InChI=1S/C43H27N3S/c1-4-12-28(13-5-1)29-20-22-32(23-21-29)43-45-37(30-14-6-2-7-15-30)27-38(46-43)33-24-25-36-35(26-33)42-40(34-18-10-11-19-39(34)47-42)41(44-36)31-16-8-3-9-17-31/h1-27H. The lowest BCUT2D eigenvalue weighted by Gasteiger charge is -2.12. The fourth-order valence-electron chi connectivity index (χ4n) is 6.35. The second kappa shape index (κ2) is 11.4. The van der Waals surface area contributed by atoms with E-state index >= 15 is 0 Å². The molecule has 4 heteroatoms. The predicted octanol–water partition coefficient (Wildman–Crippen LogP) is 11.7. The molecule has 0 N–H and O–H groups in total. The van der Waals surface area contributed by atoms with E-state index in [1.54, 1.807) is 0 Å². The summed E-state index contributed by atoms with van der Waals surface area (Å²) < 4.78 is 2.50. The van der Waals surface area contributed by atoms with E-state index in [4.69, 9.17) is 15.0 Å². The lowest BCUT2D eigenvalue weighted by atomic mass is 10.0. The van der Waals surface area contributed by atoms with Crippen LogP contribution in [0.25, 0.3) is 87.4 Å². The molecule has 47 heavy (non-hydrogen) atoms. The van der Waals surface area contributed by atoms with Crippen LogP contribution in [0.4, 0.5) is 0 Å². The SMILES string of the molecule is c1ccc(-c2ccc(-c3nc(-c4ccccc4)cc(-c4ccc5nc(-c6ccccc6)c6c7ccccc7sc6c5c4)n3)cc2)cc1. The van der Waals surface area contributed by atoms with Crippen LogP contribution < -0.4 is 0 Å². The first-order chi connectivity index (χ1) is 23.3. The highest BCUT2D eigenvalue weighted by Crippen LogP contribution is 2.43. The maximum absolute atomic E-state index is 5.27. The predicted molar refractivity (Wildman–Crippen MR) is 197 cm³/mol. The molecule has 0 fully saturated rings. The summed E-state index contributed by atoms with van der Waals surface area (Å²) in [5, 5.41) is 3.57. The smallest absolute Gasteiger partial charge is 0.160 e. The van der Waals surface area contributed by atoms with Crippen molar-refractivity contribution in [3.8, 4) is 56.3 Å². The van der Waals surface area contributed by atoms with Gasteiger partial charge in [-0.25, -0.2) is 15.0 Å². The molecule has 0 radical (unpaired) electrons. The van der Waals surface area contributed by atoms with Gasteiger partial charge in [0.05, 0.1) is 22.6 Å². The summed E-state index contributed by atoms with van der Waals surface area (Å²) in [6, 6.07) is 57.1. The van der Waals surface area contributed by atoms with E-state index in [1.807, 2.05) is 23.5 Å². The Labute approximate surface area is 276 Å². The number of hydrogen-bond acceptors (Lipinski definition) is 4. The van der Waals surface area contributed by atoms with Crippen LogP contribution in [0.1, 0.15) is 0 Å². The maximum Gasteiger partial charge on any atom is 0.160 e. The van der Waals surface area contributed by atoms with Gasteiger partial charge in [0.25, 0.3) is 0 Å². The fourth-order valence-corrected chi connectivity index (χ4v) is 7.58. The van der Waals surface area contributed by atoms with Crippen LogP contribution in [0.3, 0.4) is 0 Å². The number of rotatable bonds is 5. The van der Waals surface area contributed by atoms with Crippen molar-refractivity contribution < 1.29 is 0 Å². The Morgan fingerprint density at radius 3 is 1.66 bits per heavy atom. The Balaban J connectivity index is 1.23. The van der Waals surface area contributed by atoms with Crippen LogP contribution in [-0.4, -0.2) is 15.0 Å². The molecule has 3 aromatic heterocycles. The van der Waals surface area contributed by atoms with Gasteiger partial charge in [0.15, 0.2) is 5.82 Å². The zero-order valence-corrected chi connectivity index (χ0v) is 26.2. The Kier molecular flexibility index (Phi) is 6.65. The van der Waals surface area contributed by atoms with Crippen LogP contribution in [0, 0.1) is 0 Å². The van der Waals surface area contributed by atoms with Crippen molar-refractivity contribution in [1.29, 1.82) is 0 Å². The normalized spacial score (nSPS) is 11.4. The van der Waals surface area contributed by atoms with Gasteiger partial charge >= 0.3 is 0 Å². The molecule has 3 heterocycles. The molecule has 6 aromatic carbocycles. The van der Waals surface area contributed by atoms with Crippen LogP contribution in [-0.2, 0) is 0 Å². The van der Waals surface area contributed by atoms with Crippen molar-refractivity contribution in [2.75, 3.05) is 0 Å². The molecule has 0 unspecified atom stereocenters. The highest BCUT2D eigenvalue weighted by atomic mass is 32.1. The molecule has 0 aliphatic rings. The van der Waals surface area contributed by atoms with E-state index in [-0.39, 0.29) is 0 Å². The summed E-state index contributed by atoms with van der Waals surface area (Å²) in [5.74, 6) is 0.700. The van der Waals surface area contributed by atoms with E-state index in [9.17, 15) is 0 Å². The average molecular weight is 618 g/mol. The Hall–Kier alpha value is -5.97. The van der Waals surface area contributed by atoms with Crippen molar-refractivity contribution in [2.45, 2.75) is 0 Å². The number of fused-ring (bicyclic) bond motifs is 5. The van der Waals surface area contributed by atoms with Gasteiger partial charge in [-0.15, -0.1) is 11.3 Å². The quantitative estimate of drug-likeness (QED) is 0.193. The molecule has 9 rings (SSSR count). The minimum absolute atomic E-state index is 0.700. The third-order valence-corrected chi connectivity index (χ3v) is 9.90. The zero-order valence-electron chi connectivity index (χ0n) is 25.3. The largest absolute Gasteiger partial charge is 0.247 e. The van der Waals surface area contributed by atoms with Gasteiger partial charge in [-0.05, 0) is 35.4 Å². The second-order valence-corrected chi connectivity index (χ2v) is 12.7.